The third-order valence-corrected chi connectivity index (χ3v) is 5.11. The second kappa shape index (κ2) is 7.64. The summed E-state index contributed by atoms with van der Waals surface area (Å²) >= 11 is 6.73. The van der Waals surface area contributed by atoms with Gasteiger partial charge in [-0.1, -0.05) is 66.4 Å². The van der Waals surface area contributed by atoms with Gasteiger partial charge in [0, 0.05) is 6.54 Å². The Kier molecular flexibility index (Phi) is 5.33. The molecule has 2 aromatic rings. The lowest BCUT2D eigenvalue weighted by molar-refractivity contribution is -0.122. The molecule has 0 aromatic heterocycles. The molecule has 1 amide bonds. The molecule has 3 nitrogen and oxygen atoms in total. The summed E-state index contributed by atoms with van der Waals surface area (Å²) in [4.78, 5) is 14.9. The molecular weight excluding hydrogens is 338 g/mol. The van der Waals surface area contributed by atoms with E-state index in [9.17, 15) is 4.79 Å². The largest absolute Gasteiger partial charge is 0.497 e. The van der Waals surface area contributed by atoms with E-state index >= 15 is 0 Å². The number of nitrogens with zero attached hydrogens (tertiary/aromatic N) is 1. The van der Waals surface area contributed by atoms with Crippen molar-refractivity contribution >= 4 is 40.3 Å². The molecule has 5 heteroatoms. The summed E-state index contributed by atoms with van der Waals surface area (Å²) in [5, 5.41) is 0. The zero-order chi connectivity index (χ0) is 16.9. The fourth-order valence-corrected chi connectivity index (χ4v) is 3.77. The zero-order valence-electron chi connectivity index (χ0n) is 13.3. The van der Waals surface area contributed by atoms with E-state index in [-0.39, 0.29) is 5.91 Å². The third kappa shape index (κ3) is 3.86. The van der Waals surface area contributed by atoms with Crippen molar-refractivity contribution in [2.45, 2.75) is 6.42 Å². The molecule has 0 atom stereocenters. The minimum atomic E-state index is -0.0243. The van der Waals surface area contributed by atoms with E-state index in [0.717, 1.165) is 17.7 Å². The molecule has 24 heavy (non-hydrogen) atoms. The highest BCUT2D eigenvalue weighted by Gasteiger charge is 2.31. The number of rotatable bonds is 5. The van der Waals surface area contributed by atoms with Gasteiger partial charge in [-0.3, -0.25) is 9.69 Å². The van der Waals surface area contributed by atoms with Gasteiger partial charge in [0.05, 0.1) is 12.0 Å². The molecule has 1 aliphatic heterocycles. The minimum Gasteiger partial charge on any atom is -0.497 e. The number of thiocarbonyl (C=S) groups is 1. The molecule has 0 unspecified atom stereocenters. The SMILES string of the molecule is COc1cccc(/C=C2\SC(=S)N(CCc3ccccc3)C2=O)c1. The van der Waals surface area contributed by atoms with Gasteiger partial charge in [0.1, 0.15) is 10.1 Å². The smallest absolute Gasteiger partial charge is 0.266 e. The monoisotopic (exact) mass is 355 g/mol. The normalized spacial score (nSPS) is 16.0. The lowest BCUT2D eigenvalue weighted by Gasteiger charge is -2.14. The second-order valence-electron chi connectivity index (χ2n) is 5.35. The van der Waals surface area contributed by atoms with Crippen molar-refractivity contribution in [3.63, 3.8) is 0 Å². The van der Waals surface area contributed by atoms with Gasteiger partial charge in [-0.05, 0) is 35.8 Å². The van der Waals surface area contributed by atoms with Gasteiger partial charge in [-0.25, -0.2) is 0 Å². The maximum atomic E-state index is 12.6. The van der Waals surface area contributed by atoms with Crippen LogP contribution in [0.1, 0.15) is 11.1 Å². The average molecular weight is 355 g/mol. The van der Waals surface area contributed by atoms with E-state index < -0.39 is 0 Å². The Morgan fingerprint density at radius 2 is 1.96 bits per heavy atom. The molecule has 0 saturated carbocycles. The molecule has 1 saturated heterocycles. The summed E-state index contributed by atoms with van der Waals surface area (Å²) in [6.45, 7) is 0.601. The van der Waals surface area contributed by atoms with Gasteiger partial charge < -0.3 is 4.74 Å². The van der Waals surface area contributed by atoms with Crippen molar-refractivity contribution in [3.05, 3.63) is 70.6 Å². The first kappa shape index (κ1) is 16.7. The van der Waals surface area contributed by atoms with Crippen molar-refractivity contribution in [1.82, 2.24) is 4.90 Å². The lowest BCUT2D eigenvalue weighted by Crippen LogP contribution is -2.30. The Morgan fingerprint density at radius 3 is 2.71 bits per heavy atom. The molecule has 0 aliphatic carbocycles. The average Bonchev–Trinajstić information content (AvgIpc) is 2.87. The van der Waals surface area contributed by atoms with Crippen molar-refractivity contribution in [1.29, 1.82) is 0 Å². The van der Waals surface area contributed by atoms with Gasteiger partial charge >= 0.3 is 0 Å². The van der Waals surface area contributed by atoms with E-state index in [1.54, 1.807) is 12.0 Å². The molecule has 1 heterocycles. The highest BCUT2D eigenvalue weighted by atomic mass is 32.2. The van der Waals surface area contributed by atoms with Crippen molar-refractivity contribution in [2.75, 3.05) is 13.7 Å². The zero-order valence-corrected chi connectivity index (χ0v) is 14.9. The van der Waals surface area contributed by atoms with E-state index in [1.165, 1.54) is 17.3 Å². The van der Waals surface area contributed by atoms with Crippen molar-refractivity contribution in [2.24, 2.45) is 0 Å². The van der Waals surface area contributed by atoms with E-state index in [4.69, 9.17) is 17.0 Å². The molecule has 1 aliphatic rings. The Balaban J connectivity index is 1.72. The first-order valence-electron chi connectivity index (χ1n) is 7.61. The number of carbonyl (C=O) groups is 1. The standard InChI is InChI=1S/C19H17NO2S2/c1-22-16-9-5-8-15(12-16)13-17-18(21)20(19(23)24-17)11-10-14-6-3-2-4-7-14/h2-9,12-13H,10-11H2,1H3/b17-13-. The van der Waals surface area contributed by atoms with Crippen LogP contribution in [0, 0.1) is 0 Å². The van der Waals surface area contributed by atoms with Crippen LogP contribution in [-0.2, 0) is 11.2 Å². The second-order valence-corrected chi connectivity index (χ2v) is 7.02. The number of methoxy groups -OCH3 is 1. The number of hydrogen-bond donors (Lipinski definition) is 0. The summed E-state index contributed by atoms with van der Waals surface area (Å²) in [6.07, 6.45) is 2.66. The van der Waals surface area contributed by atoms with Crippen LogP contribution >= 0.6 is 24.0 Å². The number of thioether (sulfide) groups is 1. The molecule has 0 N–H and O–H groups in total. The molecule has 1 fully saturated rings. The van der Waals surface area contributed by atoms with Crippen LogP contribution in [0.3, 0.4) is 0 Å². The Hall–Kier alpha value is -2.11. The van der Waals surface area contributed by atoms with Crippen LogP contribution in [0.5, 0.6) is 5.75 Å². The number of carbonyl (C=O) groups excluding carboxylic acids is 1. The Labute approximate surface area is 151 Å². The highest BCUT2D eigenvalue weighted by Crippen LogP contribution is 2.33. The molecule has 0 spiro atoms. The van der Waals surface area contributed by atoms with Crippen LogP contribution < -0.4 is 4.74 Å². The molecule has 2 aromatic carbocycles. The van der Waals surface area contributed by atoms with Crippen molar-refractivity contribution < 1.29 is 9.53 Å². The maximum Gasteiger partial charge on any atom is 0.266 e. The predicted molar refractivity (Wildman–Crippen MR) is 103 cm³/mol. The minimum absolute atomic E-state index is 0.0243. The predicted octanol–water partition coefficient (Wildman–Crippen LogP) is 4.14. The fourth-order valence-electron chi connectivity index (χ4n) is 2.46. The van der Waals surface area contributed by atoms with Gasteiger partial charge in [0.2, 0.25) is 0 Å². The first-order valence-corrected chi connectivity index (χ1v) is 8.83. The van der Waals surface area contributed by atoms with Gasteiger partial charge in [-0.15, -0.1) is 0 Å². The van der Waals surface area contributed by atoms with Gasteiger partial charge in [0.15, 0.2) is 0 Å². The quantitative estimate of drug-likeness (QED) is 0.595. The van der Waals surface area contributed by atoms with E-state index in [1.807, 2.05) is 48.5 Å². The molecule has 3 rings (SSSR count). The number of benzene rings is 2. The van der Waals surface area contributed by atoms with Crippen LogP contribution in [0.4, 0.5) is 0 Å². The maximum absolute atomic E-state index is 12.6. The van der Waals surface area contributed by atoms with Gasteiger partial charge in [-0.2, -0.15) is 0 Å². The fraction of sp³-hybridized carbons (Fsp3) is 0.158. The van der Waals surface area contributed by atoms with Crippen LogP contribution in [0.2, 0.25) is 0 Å². The molecule has 0 radical (unpaired) electrons. The summed E-state index contributed by atoms with van der Waals surface area (Å²) in [5.74, 6) is 0.743. The third-order valence-electron chi connectivity index (χ3n) is 3.73. The number of amides is 1. The first-order chi connectivity index (χ1) is 11.7. The van der Waals surface area contributed by atoms with Crippen LogP contribution in [-0.4, -0.2) is 28.8 Å². The molecule has 0 bridgehead atoms. The van der Waals surface area contributed by atoms with E-state index in [0.29, 0.717) is 15.8 Å². The molecular formula is C19H17NO2S2. The summed E-state index contributed by atoms with van der Waals surface area (Å²) in [7, 11) is 1.63. The lowest BCUT2D eigenvalue weighted by atomic mass is 10.1. The van der Waals surface area contributed by atoms with Crippen LogP contribution in [0.15, 0.2) is 59.5 Å². The highest BCUT2D eigenvalue weighted by molar-refractivity contribution is 8.26. The molecule has 122 valence electrons. The summed E-state index contributed by atoms with van der Waals surface area (Å²) in [6, 6.07) is 17.7. The number of ether oxygens (including phenoxy) is 1. The Bertz CT molecular complexity index is 787. The van der Waals surface area contributed by atoms with Gasteiger partial charge in [0.25, 0.3) is 5.91 Å². The van der Waals surface area contributed by atoms with Crippen LogP contribution in [0.25, 0.3) is 6.08 Å². The topological polar surface area (TPSA) is 29.5 Å². The summed E-state index contributed by atoms with van der Waals surface area (Å²) < 4.78 is 5.83. The Morgan fingerprint density at radius 1 is 1.17 bits per heavy atom. The van der Waals surface area contributed by atoms with Crippen molar-refractivity contribution in [3.8, 4) is 5.75 Å². The summed E-state index contributed by atoms with van der Waals surface area (Å²) in [5.41, 5.74) is 2.13. The number of hydrogen-bond acceptors (Lipinski definition) is 4. The van der Waals surface area contributed by atoms with E-state index in [2.05, 4.69) is 12.1 Å².